The highest BCUT2D eigenvalue weighted by molar-refractivity contribution is 6.02. The van der Waals surface area contributed by atoms with Gasteiger partial charge < -0.3 is 10.1 Å². The lowest BCUT2D eigenvalue weighted by Gasteiger charge is -2.36. The van der Waals surface area contributed by atoms with Crippen molar-refractivity contribution in [3.8, 4) is 0 Å². The Balaban J connectivity index is 1.61. The third-order valence-electron chi connectivity index (χ3n) is 5.54. The molecule has 1 N–H and O–H groups in total. The Kier molecular flexibility index (Phi) is 5.88. The Bertz CT molecular complexity index is 965. The molecule has 0 bridgehead atoms. The highest BCUT2D eigenvalue weighted by Crippen LogP contribution is 2.29. The van der Waals surface area contributed by atoms with Gasteiger partial charge >= 0.3 is 0 Å². The van der Waals surface area contributed by atoms with Crippen LogP contribution in [-0.4, -0.2) is 48.6 Å². The number of morpholine rings is 1. The Morgan fingerprint density at radius 3 is 2.62 bits per heavy atom. The van der Waals surface area contributed by atoms with E-state index in [0.29, 0.717) is 13.0 Å². The Morgan fingerprint density at radius 2 is 1.83 bits per heavy atom. The molecule has 5 heteroatoms. The second-order valence-electron chi connectivity index (χ2n) is 7.95. The third-order valence-corrected chi connectivity index (χ3v) is 5.54. The molecular formula is C24H27N3O2. The van der Waals surface area contributed by atoms with Gasteiger partial charge in [-0.2, -0.15) is 0 Å². The molecule has 1 unspecified atom stereocenters. The highest BCUT2D eigenvalue weighted by Gasteiger charge is 2.36. The lowest BCUT2D eigenvalue weighted by atomic mass is 9.81. The number of rotatable bonds is 6. The van der Waals surface area contributed by atoms with Crippen LogP contribution in [0.4, 0.5) is 5.69 Å². The number of nitrogens with one attached hydrogen (secondary N) is 1. The molecule has 1 fully saturated rings. The van der Waals surface area contributed by atoms with Crippen LogP contribution in [0.2, 0.25) is 0 Å². The van der Waals surface area contributed by atoms with E-state index in [1.165, 1.54) is 0 Å². The van der Waals surface area contributed by atoms with E-state index in [0.717, 1.165) is 48.5 Å². The summed E-state index contributed by atoms with van der Waals surface area (Å²) < 4.78 is 5.49. The molecule has 2 aromatic carbocycles. The number of ether oxygens (including phenoxy) is 1. The van der Waals surface area contributed by atoms with Gasteiger partial charge in [-0.1, -0.05) is 48.5 Å². The molecule has 1 aliphatic rings. The van der Waals surface area contributed by atoms with E-state index >= 15 is 0 Å². The van der Waals surface area contributed by atoms with E-state index in [1.807, 2.05) is 48.5 Å². The van der Waals surface area contributed by atoms with Crippen LogP contribution in [0.25, 0.3) is 10.9 Å². The van der Waals surface area contributed by atoms with Crippen LogP contribution >= 0.6 is 0 Å². The van der Waals surface area contributed by atoms with Crippen molar-refractivity contribution < 1.29 is 9.53 Å². The average molecular weight is 389 g/mol. The fourth-order valence-electron chi connectivity index (χ4n) is 3.99. The van der Waals surface area contributed by atoms with Gasteiger partial charge in [-0.05, 0) is 31.0 Å². The molecule has 1 aromatic heterocycles. The quantitative estimate of drug-likeness (QED) is 0.698. The van der Waals surface area contributed by atoms with Gasteiger partial charge in [-0.25, -0.2) is 0 Å². The van der Waals surface area contributed by atoms with E-state index in [2.05, 4.69) is 34.3 Å². The number of para-hydroxylation sites is 1. The van der Waals surface area contributed by atoms with Gasteiger partial charge in [-0.3, -0.25) is 14.7 Å². The predicted octanol–water partition coefficient (Wildman–Crippen LogP) is 3.75. The van der Waals surface area contributed by atoms with Gasteiger partial charge in [0.1, 0.15) is 0 Å². The summed E-state index contributed by atoms with van der Waals surface area (Å²) in [7, 11) is 0. The molecule has 1 aliphatic heterocycles. The monoisotopic (exact) mass is 389 g/mol. The van der Waals surface area contributed by atoms with Crippen LogP contribution in [0.5, 0.6) is 0 Å². The van der Waals surface area contributed by atoms with Gasteiger partial charge in [0.05, 0.1) is 29.8 Å². The first-order valence-corrected chi connectivity index (χ1v) is 10.1. The predicted molar refractivity (Wildman–Crippen MR) is 116 cm³/mol. The van der Waals surface area contributed by atoms with Crippen molar-refractivity contribution in [2.75, 3.05) is 38.2 Å². The molecule has 1 amide bonds. The van der Waals surface area contributed by atoms with Crippen LogP contribution in [0.15, 0.2) is 66.9 Å². The maximum atomic E-state index is 13.6. The zero-order valence-electron chi connectivity index (χ0n) is 16.8. The summed E-state index contributed by atoms with van der Waals surface area (Å²) in [5.74, 6) is 0.0194. The minimum absolute atomic E-state index is 0.0194. The minimum Gasteiger partial charge on any atom is -0.379 e. The maximum Gasteiger partial charge on any atom is 0.232 e. The van der Waals surface area contributed by atoms with Crippen molar-refractivity contribution in [1.29, 1.82) is 0 Å². The molecule has 0 radical (unpaired) electrons. The SMILES string of the molecule is CC(Cc1ccccc1)(CN1CCOCC1)C(=O)Nc1cccc2cccnc12. The first-order chi connectivity index (χ1) is 14.1. The summed E-state index contributed by atoms with van der Waals surface area (Å²) in [6, 6.07) is 20.0. The van der Waals surface area contributed by atoms with Crippen molar-refractivity contribution in [3.05, 3.63) is 72.4 Å². The Labute approximate surface area is 171 Å². The first-order valence-electron chi connectivity index (χ1n) is 10.1. The molecule has 1 atom stereocenters. The number of anilines is 1. The molecule has 29 heavy (non-hydrogen) atoms. The number of hydrogen-bond donors (Lipinski definition) is 1. The van der Waals surface area contributed by atoms with Crippen molar-refractivity contribution in [3.63, 3.8) is 0 Å². The number of carbonyl (C=O) groups excluding carboxylic acids is 1. The number of pyridine rings is 1. The summed E-state index contributed by atoms with van der Waals surface area (Å²) in [6.45, 7) is 5.90. The molecule has 2 heterocycles. The molecule has 3 aromatic rings. The van der Waals surface area contributed by atoms with Crippen LogP contribution in [0.3, 0.4) is 0 Å². The zero-order valence-corrected chi connectivity index (χ0v) is 16.8. The van der Waals surface area contributed by atoms with Crippen molar-refractivity contribution in [1.82, 2.24) is 9.88 Å². The summed E-state index contributed by atoms with van der Waals surface area (Å²) in [4.78, 5) is 20.4. The van der Waals surface area contributed by atoms with E-state index in [1.54, 1.807) is 6.20 Å². The van der Waals surface area contributed by atoms with Gasteiger partial charge in [-0.15, -0.1) is 0 Å². The smallest absolute Gasteiger partial charge is 0.232 e. The molecule has 0 saturated carbocycles. The first kappa shape index (κ1) is 19.6. The van der Waals surface area contributed by atoms with Crippen LogP contribution in [-0.2, 0) is 16.0 Å². The zero-order chi connectivity index (χ0) is 20.1. The molecular weight excluding hydrogens is 362 g/mol. The van der Waals surface area contributed by atoms with Gasteiger partial charge in [0, 0.05) is 31.2 Å². The molecule has 4 rings (SSSR count). The number of fused-ring (bicyclic) bond motifs is 1. The normalized spacial score (nSPS) is 17.0. The van der Waals surface area contributed by atoms with Gasteiger partial charge in [0.2, 0.25) is 5.91 Å². The summed E-state index contributed by atoms with van der Waals surface area (Å²) in [5.41, 5.74) is 2.16. The summed E-state index contributed by atoms with van der Waals surface area (Å²) >= 11 is 0. The van der Waals surface area contributed by atoms with Crippen LogP contribution in [0.1, 0.15) is 12.5 Å². The number of amides is 1. The number of aromatic nitrogens is 1. The fraction of sp³-hybridized carbons (Fsp3) is 0.333. The molecule has 0 spiro atoms. The van der Waals surface area contributed by atoms with Crippen LogP contribution < -0.4 is 5.32 Å². The van der Waals surface area contributed by atoms with Gasteiger partial charge in [0.15, 0.2) is 0 Å². The van der Waals surface area contributed by atoms with E-state index in [4.69, 9.17) is 4.74 Å². The van der Waals surface area contributed by atoms with E-state index in [-0.39, 0.29) is 5.91 Å². The van der Waals surface area contributed by atoms with Crippen molar-refractivity contribution >= 4 is 22.5 Å². The molecule has 5 nitrogen and oxygen atoms in total. The number of carbonyl (C=O) groups is 1. The van der Waals surface area contributed by atoms with Crippen molar-refractivity contribution in [2.24, 2.45) is 5.41 Å². The van der Waals surface area contributed by atoms with Crippen LogP contribution in [0, 0.1) is 5.41 Å². The minimum atomic E-state index is -0.574. The fourth-order valence-corrected chi connectivity index (χ4v) is 3.99. The van der Waals surface area contributed by atoms with E-state index in [9.17, 15) is 4.79 Å². The second kappa shape index (κ2) is 8.72. The van der Waals surface area contributed by atoms with E-state index < -0.39 is 5.41 Å². The highest BCUT2D eigenvalue weighted by atomic mass is 16.5. The molecule has 1 saturated heterocycles. The number of benzene rings is 2. The summed E-state index contributed by atoms with van der Waals surface area (Å²) in [6.07, 6.45) is 2.43. The average Bonchev–Trinajstić information content (AvgIpc) is 2.75. The second-order valence-corrected chi connectivity index (χ2v) is 7.95. The van der Waals surface area contributed by atoms with Gasteiger partial charge in [0.25, 0.3) is 0 Å². The number of nitrogens with zero attached hydrogens (tertiary/aromatic N) is 2. The topological polar surface area (TPSA) is 54.5 Å². The Hall–Kier alpha value is -2.76. The molecule has 150 valence electrons. The number of hydrogen-bond acceptors (Lipinski definition) is 4. The molecule has 0 aliphatic carbocycles. The lowest BCUT2D eigenvalue weighted by molar-refractivity contribution is -0.126. The largest absolute Gasteiger partial charge is 0.379 e. The van der Waals surface area contributed by atoms with Crippen molar-refractivity contribution in [2.45, 2.75) is 13.3 Å². The maximum absolute atomic E-state index is 13.6. The third kappa shape index (κ3) is 4.63. The standard InChI is InChI=1S/C24H27N3O2/c1-24(17-19-7-3-2-4-8-19,18-27-13-15-29-16-14-27)23(28)26-21-11-5-9-20-10-6-12-25-22(20)21/h2-12H,13-18H2,1H3,(H,26,28). The Morgan fingerprint density at radius 1 is 1.07 bits per heavy atom. The summed E-state index contributed by atoms with van der Waals surface area (Å²) in [5, 5.41) is 4.19. The lowest BCUT2D eigenvalue weighted by Crippen LogP contribution is -2.48.